The fraction of sp³-hybridized carbons (Fsp3) is 0.133. The topological polar surface area (TPSA) is 115 Å². The molecular formula is C15H15O6P. The van der Waals surface area contributed by atoms with Crippen molar-refractivity contribution < 1.29 is 29.4 Å². The number of benzene rings is 2. The molecule has 0 unspecified atom stereocenters. The van der Waals surface area contributed by atoms with Crippen LogP contribution >= 0.6 is 7.60 Å². The van der Waals surface area contributed by atoms with Crippen molar-refractivity contribution in [3.8, 4) is 11.5 Å². The molecule has 0 saturated heterocycles. The van der Waals surface area contributed by atoms with Gasteiger partial charge >= 0.3 is 7.60 Å². The standard InChI is InChI=1S/C15H15O6P/c16-11-3-1-2-10(8-11)4-6-14(18)13-9-12(17)5-7-15(13)22(19,20)21/h1-3,5,7-9,16-17H,4,6H2,(H2,19,20,21). The average molecular weight is 322 g/mol. The molecule has 0 bridgehead atoms. The summed E-state index contributed by atoms with van der Waals surface area (Å²) >= 11 is 0. The minimum Gasteiger partial charge on any atom is -0.508 e. The Bertz CT molecular complexity index is 749. The van der Waals surface area contributed by atoms with Gasteiger partial charge in [-0.05, 0) is 42.3 Å². The van der Waals surface area contributed by atoms with Crippen LogP contribution in [0.25, 0.3) is 0 Å². The van der Waals surface area contributed by atoms with Gasteiger partial charge in [-0.2, -0.15) is 0 Å². The predicted octanol–water partition coefficient (Wildman–Crippen LogP) is 1.72. The number of ketones is 1. The summed E-state index contributed by atoms with van der Waals surface area (Å²) in [6, 6.07) is 9.63. The Morgan fingerprint density at radius 3 is 2.32 bits per heavy atom. The predicted molar refractivity (Wildman–Crippen MR) is 80.5 cm³/mol. The quantitative estimate of drug-likeness (QED) is 0.492. The van der Waals surface area contributed by atoms with E-state index in [1.807, 2.05) is 0 Å². The van der Waals surface area contributed by atoms with Gasteiger partial charge in [-0.3, -0.25) is 9.36 Å². The third-order valence-electron chi connectivity index (χ3n) is 3.15. The second-order valence-corrected chi connectivity index (χ2v) is 6.41. The van der Waals surface area contributed by atoms with E-state index in [0.717, 1.165) is 23.8 Å². The van der Waals surface area contributed by atoms with Crippen molar-refractivity contribution in [2.45, 2.75) is 12.8 Å². The van der Waals surface area contributed by atoms with E-state index < -0.39 is 18.7 Å². The van der Waals surface area contributed by atoms with E-state index in [9.17, 15) is 29.4 Å². The van der Waals surface area contributed by atoms with Crippen molar-refractivity contribution in [1.29, 1.82) is 0 Å². The van der Waals surface area contributed by atoms with E-state index in [-0.39, 0.29) is 23.5 Å². The van der Waals surface area contributed by atoms with Gasteiger partial charge in [0.15, 0.2) is 5.78 Å². The van der Waals surface area contributed by atoms with Gasteiger partial charge in [0.05, 0.1) is 5.30 Å². The molecule has 0 aliphatic heterocycles. The molecular weight excluding hydrogens is 307 g/mol. The van der Waals surface area contributed by atoms with E-state index in [1.165, 1.54) is 12.1 Å². The highest BCUT2D eigenvalue weighted by Crippen LogP contribution is 2.36. The number of carbonyl (C=O) groups is 1. The molecule has 0 aliphatic carbocycles. The lowest BCUT2D eigenvalue weighted by Gasteiger charge is -2.10. The summed E-state index contributed by atoms with van der Waals surface area (Å²) in [5.41, 5.74) is 0.541. The van der Waals surface area contributed by atoms with Crippen molar-refractivity contribution >= 4 is 18.7 Å². The Kier molecular flexibility index (Phi) is 4.66. The third kappa shape index (κ3) is 3.95. The Balaban J connectivity index is 2.23. The number of rotatable bonds is 5. The summed E-state index contributed by atoms with van der Waals surface area (Å²) < 4.78 is 11.4. The van der Waals surface area contributed by atoms with Crippen LogP contribution < -0.4 is 5.30 Å². The first-order valence-electron chi connectivity index (χ1n) is 6.47. The minimum absolute atomic E-state index is 0.0000926. The molecule has 0 heterocycles. The number of hydrogen-bond acceptors (Lipinski definition) is 4. The van der Waals surface area contributed by atoms with E-state index >= 15 is 0 Å². The molecule has 0 atom stereocenters. The molecule has 0 aliphatic rings. The molecule has 2 aromatic carbocycles. The molecule has 7 heteroatoms. The van der Waals surface area contributed by atoms with E-state index in [0.29, 0.717) is 6.42 Å². The summed E-state index contributed by atoms with van der Waals surface area (Å²) in [4.78, 5) is 30.8. The maximum Gasteiger partial charge on any atom is 0.356 e. The van der Waals surface area contributed by atoms with Crippen LogP contribution in [0, 0.1) is 0 Å². The Labute approximate surface area is 126 Å². The fourth-order valence-corrected chi connectivity index (χ4v) is 2.88. The van der Waals surface area contributed by atoms with E-state index in [4.69, 9.17) is 0 Å². The van der Waals surface area contributed by atoms with Gasteiger partial charge in [0.25, 0.3) is 0 Å². The first-order chi connectivity index (χ1) is 10.3. The molecule has 6 nitrogen and oxygen atoms in total. The van der Waals surface area contributed by atoms with Crippen LogP contribution in [0.2, 0.25) is 0 Å². The summed E-state index contributed by atoms with van der Waals surface area (Å²) in [7, 11) is -4.60. The Morgan fingerprint density at radius 1 is 1.00 bits per heavy atom. The second kappa shape index (κ2) is 6.32. The van der Waals surface area contributed by atoms with Crippen LogP contribution in [-0.4, -0.2) is 25.8 Å². The molecule has 0 spiro atoms. The lowest BCUT2D eigenvalue weighted by Crippen LogP contribution is -2.16. The number of aromatic hydroxyl groups is 2. The molecule has 0 aromatic heterocycles. The fourth-order valence-electron chi connectivity index (χ4n) is 2.11. The van der Waals surface area contributed by atoms with Crippen molar-refractivity contribution in [3.05, 3.63) is 53.6 Å². The molecule has 0 radical (unpaired) electrons. The normalized spacial score (nSPS) is 11.4. The van der Waals surface area contributed by atoms with Gasteiger partial charge in [0, 0.05) is 12.0 Å². The molecule has 4 N–H and O–H groups in total. The van der Waals surface area contributed by atoms with Crippen LogP contribution in [-0.2, 0) is 11.0 Å². The van der Waals surface area contributed by atoms with Crippen molar-refractivity contribution in [1.82, 2.24) is 0 Å². The molecule has 116 valence electrons. The first kappa shape index (κ1) is 16.2. The first-order valence-corrected chi connectivity index (χ1v) is 8.09. The Hall–Kier alpha value is -2.14. The van der Waals surface area contributed by atoms with Crippen molar-refractivity contribution in [2.24, 2.45) is 0 Å². The highest BCUT2D eigenvalue weighted by Gasteiger charge is 2.25. The van der Waals surface area contributed by atoms with Crippen molar-refractivity contribution in [2.75, 3.05) is 0 Å². The number of phenols is 2. The average Bonchev–Trinajstić information content (AvgIpc) is 2.43. The summed E-state index contributed by atoms with van der Waals surface area (Å²) in [5.74, 6) is -0.645. The zero-order chi connectivity index (χ0) is 16.3. The van der Waals surface area contributed by atoms with Gasteiger partial charge in [-0.15, -0.1) is 0 Å². The molecule has 0 saturated carbocycles. The largest absolute Gasteiger partial charge is 0.508 e. The van der Waals surface area contributed by atoms with Gasteiger partial charge in [-0.25, -0.2) is 0 Å². The van der Waals surface area contributed by atoms with Gasteiger partial charge < -0.3 is 20.0 Å². The second-order valence-electron chi connectivity index (χ2n) is 4.84. The van der Waals surface area contributed by atoms with E-state index in [2.05, 4.69) is 0 Å². The molecule has 22 heavy (non-hydrogen) atoms. The van der Waals surface area contributed by atoms with Crippen LogP contribution in [0.1, 0.15) is 22.3 Å². The molecule has 0 amide bonds. The maximum atomic E-state index is 12.2. The minimum atomic E-state index is -4.60. The molecule has 2 aromatic rings. The summed E-state index contributed by atoms with van der Waals surface area (Å²) in [6.07, 6.45) is 0.309. The zero-order valence-electron chi connectivity index (χ0n) is 11.5. The lowest BCUT2D eigenvalue weighted by molar-refractivity contribution is 0.0983. The highest BCUT2D eigenvalue weighted by molar-refractivity contribution is 7.60. The van der Waals surface area contributed by atoms with Gasteiger partial charge in [0.2, 0.25) is 0 Å². The van der Waals surface area contributed by atoms with Crippen LogP contribution in [0.4, 0.5) is 0 Å². The monoisotopic (exact) mass is 322 g/mol. The Morgan fingerprint density at radius 2 is 1.68 bits per heavy atom. The summed E-state index contributed by atoms with van der Waals surface area (Å²) in [5, 5.41) is 18.4. The molecule has 2 rings (SSSR count). The van der Waals surface area contributed by atoms with Crippen LogP contribution in [0.15, 0.2) is 42.5 Å². The van der Waals surface area contributed by atoms with E-state index in [1.54, 1.807) is 12.1 Å². The highest BCUT2D eigenvalue weighted by atomic mass is 31.2. The number of carbonyl (C=O) groups excluding carboxylic acids is 1. The van der Waals surface area contributed by atoms with Crippen LogP contribution in [0.3, 0.4) is 0 Å². The number of phenolic OH excluding ortho intramolecular Hbond substituents is 2. The SMILES string of the molecule is O=C(CCc1cccc(O)c1)c1cc(O)ccc1P(=O)(O)O. The van der Waals surface area contributed by atoms with Gasteiger partial charge in [0.1, 0.15) is 11.5 Å². The third-order valence-corrected chi connectivity index (χ3v) is 4.16. The number of Topliss-reactive ketones (excluding diaryl/α,β-unsaturated/α-hetero) is 1. The lowest BCUT2D eigenvalue weighted by atomic mass is 10.0. The maximum absolute atomic E-state index is 12.2. The number of aryl methyl sites for hydroxylation is 1. The number of hydrogen-bond donors (Lipinski definition) is 4. The molecule has 0 fully saturated rings. The smallest absolute Gasteiger partial charge is 0.356 e. The summed E-state index contributed by atoms with van der Waals surface area (Å²) in [6.45, 7) is 0. The zero-order valence-corrected chi connectivity index (χ0v) is 12.4. The van der Waals surface area contributed by atoms with Crippen LogP contribution in [0.5, 0.6) is 11.5 Å². The van der Waals surface area contributed by atoms with Crippen molar-refractivity contribution in [3.63, 3.8) is 0 Å². The van der Waals surface area contributed by atoms with Gasteiger partial charge in [-0.1, -0.05) is 12.1 Å².